The number of piperidine rings is 1. The van der Waals surface area contributed by atoms with Gasteiger partial charge in [0.1, 0.15) is 5.82 Å². The first-order chi connectivity index (χ1) is 9.31. The normalized spacial score (nSPS) is 23.9. The highest BCUT2D eigenvalue weighted by Gasteiger charge is 2.27. The van der Waals surface area contributed by atoms with E-state index in [0.29, 0.717) is 0 Å². The summed E-state index contributed by atoms with van der Waals surface area (Å²) in [7, 11) is 0. The Kier molecular flexibility index (Phi) is 2.88. The SMILES string of the molecule is Brc1ccc2c(c1)nc1n2CCN2CCCCC2C1. The molecule has 2 aliphatic heterocycles. The summed E-state index contributed by atoms with van der Waals surface area (Å²) in [4.78, 5) is 7.54. The molecule has 2 aromatic rings. The van der Waals surface area contributed by atoms with E-state index in [1.54, 1.807) is 0 Å². The predicted molar refractivity (Wildman–Crippen MR) is 80.3 cm³/mol. The van der Waals surface area contributed by atoms with Gasteiger partial charge in [0.15, 0.2) is 0 Å². The van der Waals surface area contributed by atoms with Crippen molar-refractivity contribution in [1.82, 2.24) is 14.5 Å². The van der Waals surface area contributed by atoms with Gasteiger partial charge in [-0.3, -0.25) is 4.90 Å². The molecule has 0 radical (unpaired) electrons. The molecule has 1 saturated heterocycles. The number of hydrogen-bond donors (Lipinski definition) is 0. The van der Waals surface area contributed by atoms with Crippen LogP contribution in [0.25, 0.3) is 11.0 Å². The lowest BCUT2D eigenvalue weighted by molar-refractivity contribution is 0.152. The van der Waals surface area contributed by atoms with E-state index in [4.69, 9.17) is 4.98 Å². The van der Waals surface area contributed by atoms with Crippen LogP contribution in [0.15, 0.2) is 22.7 Å². The molecule has 0 amide bonds. The Morgan fingerprint density at radius 1 is 1.16 bits per heavy atom. The van der Waals surface area contributed by atoms with Crippen molar-refractivity contribution in [3.8, 4) is 0 Å². The van der Waals surface area contributed by atoms with Gasteiger partial charge in [0, 0.05) is 30.0 Å². The number of benzene rings is 1. The van der Waals surface area contributed by atoms with E-state index in [0.717, 1.165) is 29.0 Å². The highest BCUT2D eigenvalue weighted by molar-refractivity contribution is 9.10. The molecule has 1 aromatic carbocycles. The Morgan fingerprint density at radius 3 is 3.05 bits per heavy atom. The minimum Gasteiger partial charge on any atom is -0.327 e. The third-order valence-corrected chi connectivity index (χ3v) is 5.06. The molecule has 0 aliphatic carbocycles. The number of halogens is 1. The predicted octanol–water partition coefficient (Wildman–Crippen LogP) is 3.21. The number of hydrogen-bond acceptors (Lipinski definition) is 2. The van der Waals surface area contributed by atoms with Crippen molar-refractivity contribution < 1.29 is 0 Å². The van der Waals surface area contributed by atoms with Gasteiger partial charge in [-0.2, -0.15) is 0 Å². The van der Waals surface area contributed by atoms with E-state index in [1.165, 1.54) is 43.7 Å². The van der Waals surface area contributed by atoms with Gasteiger partial charge >= 0.3 is 0 Å². The first-order valence-electron chi connectivity index (χ1n) is 7.20. The average molecular weight is 320 g/mol. The van der Waals surface area contributed by atoms with Crippen molar-refractivity contribution in [3.63, 3.8) is 0 Å². The number of fused-ring (bicyclic) bond motifs is 4. The molecule has 0 bridgehead atoms. The quantitative estimate of drug-likeness (QED) is 0.743. The summed E-state index contributed by atoms with van der Waals surface area (Å²) in [6.45, 7) is 3.54. The molecular formula is C15H18BrN3. The van der Waals surface area contributed by atoms with E-state index < -0.39 is 0 Å². The third-order valence-electron chi connectivity index (χ3n) is 4.57. The lowest BCUT2D eigenvalue weighted by atomic mass is 10.00. The number of imidazole rings is 1. The minimum absolute atomic E-state index is 0.718. The second kappa shape index (κ2) is 4.60. The lowest BCUT2D eigenvalue weighted by Crippen LogP contribution is -2.40. The van der Waals surface area contributed by atoms with E-state index >= 15 is 0 Å². The van der Waals surface area contributed by atoms with Crippen LogP contribution in [0.2, 0.25) is 0 Å². The monoisotopic (exact) mass is 319 g/mol. The first kappa shape index (κ1) is 11.9. The molecule has 1 atom stereocenters. The molecule has 0 saturated carbocycles. The molecule has 100 valence electrons. The summed E-state index contributed by atoms with van der Waals surface area (Å²) >= 11 is 3.54. The van der Waals surface area contributed by atoms with Gasteiger partial charge in [0.05, 0.1) is 11.0 Å². The largest absolute Gasteiger partial charge is 0.327 e. The highest BCUT2D eigenvalue weighted by atomic mass is 79.9. The summed E-state index contributed by atoms with van der Waals surface area (Å²) in [5, 5.41) is 0. The minimum atomic E-state index is 0.718. The molecule has 3 nitrogen and oxygen atoms in total. The second-order valence-electron chi connectivity index (χ2n) is 5.70. The van der Waals surface area contributed by atoms with Crippen molar-refractivity contribution >= 4 is 27.0 Å². The fourth-order valence-corrected chi connectivity index (χ4v) is 3.93. The van der Waals surface area contributed by atoms with Crippen molar-refractivity contribution in [2.45, 2.75) is 38.3 Å². The van der Waals surface area contributed by atoms with Crippen LogP contribution in [-0.4, -0.2) is 33.6 Å². The maximum Gasteiger partial charge on any atom is 0.111 e. The molecule has 19 heavy (non-hydrogen) atoms. The molecule has 1 aromatic heterocycles. The molecule has 3 heterocycles. The molecule has 2 aliphatic rings. The standard InChI is InChI=1S/C15H18BrN3/c16-11-4-5-14-13(9-11)17-15-10-12-3-1-2-6-18(12)7-8-19(14)15/h4-5,9,12H,1-3,6-8,10H2. The molecule has 1 fully saturated rings. The highest BCUT2D eigenvalue weighted by Crippen LogP contribution is 2.27. The Balaban J connectivity index is 1.78. The molecule has 0 spiro atoms. The second-order valence-corrected chi connectivity index (χ2v) is 6.62. The van der Waals surface area contributed by atoms with Gasteiger partial charge in [-0.05, 0) is 37.6 Å². The molecular weight excluding hydrogens is 302 g/mol. The maximum atomic E-state index is 4.87. The van der Waals surface area contributed by atoms with Crippen LogP contribution in [-0.2, 0) is 13.0 Å². The first-order valence-corrected chi connectivity index (χ1v) is 7.99. The van der Waals surface area contributed by atoms with Gasteiger partial charge < -0.3 is 4.57 Å². The van der Waals surface area contributed by atoms with Gasteiger partial charge in [0.25, 0.3) is 0 Å². The van der Waals surface area contributed by atoms with Crippen LogP contribution in [0.4, 0.5) is 0 Å². The van der Waals surface area contributed by atoms with Crippen LogP contribution >= 0.6 is 15.9 Å². The van der Waals surface area contributed by atoms with E-state index in [-0.39, 0.29) is 0 Å². The van der Waals surface area contributed by atoms with Gasteiger partial charge in [-0.15, -0.1) is 0 Å². The van der Waals surface area contributed by atoms with Crippen LogP contribution < -0.4 is 0 Å². The number of nitrogens with zero attached hydrogens (tertiary/aromatic N) is 3. The van der Waals surface area contributed by atoms with Crippen molar-refractivity contribution in [2.75, 3.05) is 13.1 Å². The van der Waals surface area contributed by atoms with Crippen LogP contribution in [0, 0.1) is 0 Å². The fraction of sp³-hybridized carbons (Fsp3) is 0.533. The summed E-state index contributed by atoms with van der Waals surface area (Å²) in [5.74, 6) is 1.28. The molecule has 4 heteroatoms. The van der Waals surface area contributed by atoms with E-state index in [2.05, 4.69) is 43.6 Å². The van der Waals surface area contributed by atoms with Gasteiger partial charge in [-0.25, -0.2) is 4.98 Å². The smallest absolute Gasteiger partial charge is 0.111 e. The Bertz CT molecular complexity index is 619. The van der Waals surface area contributed by atoms with Crippen LogP contribution in [0.3, 0.4) is 0 Å². The Labute approximate surface area is 121 Å². The fourth-order valence-electron chi connectivity index (χ4n) is 3.58. The van der Waals surface area contributed by atoms with Crippen molar-refractivity contribution in [3.05, 3.63) is 28.5 Å². The van der Waals surface area contributed by atoms with Gasteiger partial charge in [-0.1, -0.05) is 22.4 Å². The topological polar surface area (TPSA) is 21.1 Å². The average Bonchev–Trinajstić information content (AvgIpc) is 2.63. The number of aromatic nitrogens is 2. The van der Waals surface area contributed by atoms with Crippen molar-refractivity contribution in [2.24, 2.45) is 0 Å². The maximum absolute atomic E-state index is 4.87. The Morgan fingerprint density at radius 2 is 2.11 bits per heavy atom. The summed E-state index contributed by atoms with van der Waals surface area (Å²) < 4.78 is 3.55. The summed E-state index contributed by atoms with van der Waals surface area (Å²) in [6, 6.07) is 7.17. The van der Waals surface area contributed by atoms with Crippen LogP contribution in [0.1, 0.15) is 25.1 Å². The van der Waals surface area contributed by atoms with E-state index in [1.807, 2.05) is 0 Å². The van der Waals surface area contributed by atoms with Gasteiger partial charge in [0.2, 0.25) is 0 Å². The third kappa shape index (κ3) is 2.01. The molecule has 1 unspecified atom stereocenters. The van der Waals surface area contributed by atoms with Crippen molar-refractivity contribution in [1.29, 1.82) is 0 Å². The van der Waals surface area contributed by atoms with E-state index in [9.17, 15) is 0 Å². The zero-order valence-electron chi connectivity index (χ0n) is 11.0. The molecule has 4 rings (SSSR count). The Hall–Kier alpha value is -0.870. The number of rotatable bonds is 0. The lowest BCUT2D eigenvalue weighted by Gasteiger charge is -2.33. The summed E-state index contributed by atoms with van der Waals surface area (Å²) in [5.41, 5.74) is 2.42. The molecule has 0 N–H and O–H groups in total. The zero-order valence-corrected chi connectivity index (χ0v) is 12.6. The zero-order chi connectivity index (χ0) is 12.8. The van der Waals surface area contributed by atoms with Crippen LogP contribution in [0.5, 0.6) is 0 Å². The summed E-state index contributed by atoms with van der Waals surface area (Å²) in [6.07, 6.45) is 5.21.